The Morgan fingerprint density at radius 2 is 2.28 bits per heavy atom. The molecule has 98 valence electrons. The molecule has 0 spiro atoms. The molecule has 1 fully saturated rings. The van der Waals surface area contributed by atoms with Crippen LogP contribution in [0.5, 0.6) is 0 Å². The maximum absolute atomic E-state index is 11.9. The van der Waals surface area contributed by atoms with E-state index in [1.807, 2.05) is 17.0 Å². The highest BCUT2D eigenvalue weighted by atomic mass is 35.5. The quantitative estimate of drug-likeness (QED) is 0.875. The Labute approximate surface area is 112 Å². The number of carbonyl (C=O) groups excluding carboxylic acids is 1. The predicted molar refractivity (Wildman–Crippen MR) is 71.8 cm³/mol. The largest absolute Gasteiger partial charge is 0.395 e. The van der Waals surface area contributed by atoms with Gasteiger partial charge >= 0.3 is 0 Å². The number of nitrogens with one attached hydrogen (secondary N) is 1. The van der Waals surface area contributed by atoms with Gasteiger partial charge in [0.05, 0.1) is 23.9 Å². The van der Waals surface area contributed by atoms with Crippen molar-refractivity contribution in [3.8, 4) is 0 Å². The van der Waals surface area contributed by atoms with E-state index in [0.29, 0.717) is 17.3 Å². The number of hydrogen-bond acceptors (Lipinski definition) is 3. The zero-order valence-corrected chi connectivity index (χ0v) is 10.9. The van der Waals surface area contributed by atoms with Gasteiger partial charge in [0.15, 0.2) is 0 Å². The van der Waals surface area contributed by atoms with Gasteiger partial charge in [-0.05, 0) is 31.5 Å². The smallest absolute Gasteiger partial charge is 0.238 e. The molecule has 0 aromatic heterocycles. The van der Waals surface area contributed by atoms with Crippen molar-refractivity contribution in [1.82, 2.24) is 4.90 Å². The molecule has 0 saturated carbocycles. The summed E-state index contributed by atoms with van der Waals surface area (Å²) < 4.78 is 0. The molecule has 18 heavy (non-hydrogen) atoms. The number of nitrogens with zero attached hydrogens (tertiary/aromatic N) is 1. The van der Waals surface area contributed by atoms with Gasteiger partial charge in [0.2, 0.25) is 5.91 Å². The molecule has 1 saturated heterocycles. The minimum Gasteiger partial charge on any atom is -0.395 e. The Bertz CT molecular complexity index is 425. The zero-order chi connectivity index (χ0) is 13.0. The Morgan fingerprint density at radius 1 is 1.50 bits per heavy atom. The van der Waals surface area contributed by atoms with E-state index in [1.165, 1.54) is 0 Å². The van der Waals surface area contributed by atoms with Crippen molar-refractivity contribution < 1.29 is 9.90 Å². The number of likely N-dealkylation sites (tertiary alicyclic amines) is 1. The van der Waals surface area contributed by atoms with Crippen molar-refractivity contribution in [2.45, 2.75) is 18.9 Å². The van der Waals surface area contributed by atoms with Crippen LogP contribution in [0.2, 0.25) is 5.02 Å². The van der Waals surface area contributed by atoms with Crippen LogP contribution in [0.1, 0.15) is 12.8 Å². The molecular formula is C13H17ClN2O2. The molecule has 1 amide bonds. The maximum Gasteiger partial charge on any atom is 0.238 e. The normalized spacial score (nSPS) is 20.0. The molecule has 4 nitrogen and oxygen atoms in total. The number of anilines is 1. The SMILES string of the molecule is O=C(CN1CCC[C@H]1CO)Nc1ccccc1Cl. The topological polar surface area (TPSA) is 52.6 Å². The summed E-state index contributed by atoms with van der Waals surface area (Å²) in [6, 6.07) is 7.27. The fourth-order valence-electron chi connectivity index (χ4n) is 2.25. The van der Waals surface area contributed by atoms with E-state index >= 15 is 0 Å². The van der Waals surface area contributed by atoms with Gasteiger partial charge in [0.25, 0.3) is 0 Å². The number of halogens is 1. The number of hydrogen-bond donors (Lipinski definition) is 2. The summed E-state index contributed by atoms with van der Waals surface area (Å²) >= 11 is 5.97. The fourth-order valence-corrected chi connectivity index (χ4v) is 2.43. The summed E-state index contributed by atoms with van der Waals surface area (Å²) in [7, 11) is 0. The van der Waals surface area contributed by atoms with Crippen LogP contribution >= 0.6 is 11.6 Å². The Kier molecular flexibility index (Phi) is 4.58. The number of benzene rings is 1. The van der Waals surface area contributed by atoms with Crippen LogP contribution < -0.4 is 5.32 Å². The van der Waals surface area contributed by atoms with E-state index in [1.54, 1.807) is 12.1 Å². The highest BCUT2D eigenvalue weighted by Gasteiger charge is 2.25. The van der Waals surface area contributed by atoms with Gasteiger partial charge in [-0.25, -0.2) is 0 Å². The van der Waals surface area contributed by atoms with E-state index in [4.69, 9.17) is 11.6 Å². The Morgan fingerprint density at radius 3 is 3.00 bits per heavy atom. The Hall–Kier alpha value is -1.10. The molecule has 0 bridgehead atoms. The van der Waals surface area contributed by atoms with Crippen LogP contribution in [-0.2, 0) is 4.79 Å². The number of aliphatic hydroxyl groups is 1. The van der Waals surface area contributed by atoms with Gasteiger partial charge in [-0.1, -0.05) is 23.7 Å². The van der Waals surface area contributed by atoms with Crippen molar-refractivity contribution in [2.24, 2.45) is 0 Å². The molecular weight excluding hydrogens is 252 g/mol. The van der Waals surface area contributed by atoms with Gasteiger partial charge in [-0.15, -0.1) is 0 Å². The van der Waals surface area contributed by atoms with Crippen molar-refractivity contribution in [3.05, 3.63) is 29.3 Å². The summed E-state index contributed by atoms with van der Waals surface area (Å²) in [5.74, 6) is -0.0940. The number of carbonyl (C=O) groups is 1. The molecule has 1 aliphatic rings. The second-order valence-corrected chi connectivity index (χ2v) is 4.88. The first-order valence-electron chi connectivity index (χ1n) is 6.10. The van der Waals surface area contributed by atoms with Gasteiger partial charge in [0, 0.05) is 6.04 Å². The van der Waals surface area contributed by atoms with Gasteiger partial charge in [0.1, 0.15) is 0 Å². The van der Waals surface area contributed by atoms with Crippen molar-refractivity contribution in [2.75, 3.05) is 25.0 Å². The molecule has 1 aliphatic heterocycles. The third kappa shape index (κ3) is 3.22. The standard InChI is InChI=1S/C13H17ClN2O2/c14-11-5-1-2-6-12(11)15-13(18)8-16-7-3-4-10(16)9-17/h1-2,5-6,10,17H,3-4,7-9H2,(H,15,18)/t10-/m0/s1. The average Bonchev–Trinajstić information content (AvgIpc) is 2.79. The lowest BCUT2D eigenvalue weighted by atomic mass is 10.2. The van der Waals surface area contributed by atoms with Crippen molar-refractivity contribution in [1.29, 1.82) is 0 Å². The minimum atomic E-state index is -0.0940. The monoisotopic (exact) mass is 268 g/mol. The van der Waals surface area contributed by atoms with Gasteiger partial charge < -0.3 is 10.4 Å². The Balaban J connectivity index is 1.91. The number of aliphatic hydroxyl groups excluding tert-OH is 1. The summed E-state index contributed by atoms with van der Waals surface area (Å²) in [5, 5.41) is 12.5. The van der Waals surface area contributed by atoms with Crippen LogP contribution in [0.4, 0.5) is 5.69 Å². The third-order valence-electron chi connectivity index (χ3n) is 3.20. The molecule has 0 aliphatic carbocycles. The molecule has 1 aromatic carbocycles. The van der Waals surface area contributed by atoms with Crippen LogP contribution in [0, 0.1) is 0 Å². The highest BCUT2D eigenvalue weighted by molar-refractivity contribution is 6.33. The second-order valence-electron chi connectivity index (χ2n) is 4.48. The van der Waals surface area contributed by atoms with Crippen molar-refractivity contribution in [3.63, 3.8) is 0 Å². The van der Waals surface area contributed by atoms with Crippen LogP contribution in [0.3, 0.4) is 0 Å². The molecule has 5 heteroatoms. The molecule has 0 unspecified atom stereocenters. The predicted octanol–water partition coefficient (Wildman–Crippen LogP) is 1.74. The molecule has 1 atom stereocenters. The van der Waals surface area contributed by atoms with E-state index in [0.717, 1.165) is 19.4 Å². The fraction of sp³-hybridized carbons (Fsp3) is 0.462. The number of rotatable bonds is 4. The van der Waals surface area contributed by atoms with E-state index < -0.39 is 0 Å². The van der Waals surface area contributed by atoms with Crippen LogP contribution in [0.25, 0.3) is 0 Å². The van der Waals surface area contributed by atoms with Gasteiger partial charge in [-0.2, -0.15) is 0 Å². The first-order chi connectivity index (χ1) is 8.70. The lowest BCUT2D eigenvalue weighted by Gasteiger charge is -2.21. The molecule has 1 aromatic rings. The minimum absolute atomic E-state index is 0.0940. The van der Waals surface area contributed by atoms with E-state index in [-0.39, 0.29) is 18.6 Å². The summed E-state index contributed by atoms with van der Waals surface area (Å²) in [4.78, 5) is 13.9. The summed E-state index contributed by atoms with van der Waals surface area (Å²) in [5.41, 5.74) is 0.629. The summed E-state index contributed by atoms with van der Waals surface area (Å²) in [6.45, 7) is 1.27. The average molecular weight is 269 g/mol. The van der Waals surface area contributed by atoms with Crippen LogP contribution in [0.15, 0.2) is 24.3 Å². The molecule has 2 rings (SSSR count). The highest BCUT2D eigenvalue weighted by Crippen LogP contribution is 2.21. The maximum atomic E-state index is 11.9. The number of para-hydroxylation sites is 1. The molecule has 2 N–H and O–H groups in total. The second kappa shape index (κ2) is 6.18. The molecule has 0 radical (unpaired) electrons. The first-order valence-corrected chi connectivity index (χ1v) is 6.48. The third-order valence-corrected chi connectivity index (χ3v) is 3.53. The first kappa shape index (κ1) is 13.3. The van der Waals surface area contributed by atoms with Crippen LogP contribution in [-0.4, -0.2) is 41.7 Å². The van der Waals surface area contributed by atoms with E-state index in [2.05, 4.69) is 5.32 Å². The van der Waals surface area contributed by atoms with Gasteiger partial charge in [-0.3, -0.25) is 9.69 Å². The lowest BCUT2D eigenvalue weighted by molar-refractivity contribution is -0.117. The zero-order valence-electron chi connectivity index (χ0n) is 10.1. The van der Waals surface area contributed by atoms with Crippen molar-refractivity contribution >= 4 is 23.2 Å². The summed E-state index contributed by atoms with van der Waals surface area (Å²) in [6.07, 6.45) is 1.99. The lowest BCUT2D eigenvalue weighted by Crippen LogP contribution is -2.38. The van der Waals surface area contributed by atoms with E-state index in [9.17, 15) is 9.90 Å². The molecule has 1 heterocycles. The number of amides is 1.